The number of amides is 2. The van der Waals surface area contributed by atoms with Crippen molar-refractivity contribution in [1.82, 2.24) is 15.8 Å². The molecule has 0 spiro atoms. The van der Waals surface area contributed by atoms with Crippen molar-refractivity contribution in [3.05, 3.63) is 52.9 Å². The van der Waals surface area contributed by atoms with E-state index in [0.29, 0.717) is 18.1 Å². The van der Waals surface area contributed by atoms with Crippen LogP contribution < -0.4 is 10.6 Å². The molecule has 0 fully saturated rings. The molecular weight excluding hydrogens is 318 g/mol. The Morgan fingerprint density at radius 1 is 1.36 bits per heavy atom. The molecule has 2 amide bonds. The van der Waals surface area contributed by atoms with Crippen molar-refractivity contribution in [3.8, 4) is 0 Å². The van der Waals surface area contributed by atoms with Crippen molar-refractivity contribution in [2.75, 3.05) is 0 Å². The molecule has 1 heterocycles. The first-order chi connectivity index (χ1) is 12.1. The minimum Gasteiger partial charge on any atom is -0.390 e. The molecule has 25 heavy (non-hydrogen) atoms. The minimum absolute atomic E-state index is 0.267. The van der Waals surface area contributed by atoms with Gasteiger partial charge >= 0.3 is 6.03 Å². The zero-order valence-electron chi connectivity index (χ0n) is 14.7. The highest BCUT2D eigenvalue weighted by Gasteiger charge is 2.31. The van der Waals surface area contributed by atoms with Gasteiger partial charge in [-0.15, -0.1) is 0 Å². The molecule has 1 aromatic carbocycles. The lowest BCUT2D eigenvalue weighted by Crippen LogP contribution is -2.40. The van der Waals surface area contributed by atoms with Crippen LogP contribution in [0.1, 0.15) is 61.2 Å². The first kappa shape index (κ1) is 17.5. The molecule has 0 bridgehead atoms. The van der Waals surface area contributed by atoms with Crippen LogP contribution in [0.5, 0.6) is 0 Å². The van der Waals surface area contributed by atoms with Gasteiger partial charge in [-0.2, -0.15) is 0 Å². The Hall–Kier alpha value is -2.34. The second-order valence-electron chi connectivity index (χ2n) is 6.51. The predicted octanol–water partition coefficient (Wildman–Crippen LogP) is 3.04. The van der Waals surface area contributed by atoms with Crippen LogP contribution in [0.2, 0.25) is 0 Å². The molecule has 134 valence electrons. The molecule has 0 saturated carbocycles. The lowest BCUT2D eigenvalue weighted by atomic mass is 9.99. The van der Waals surface area contributed by atoms with E-state index >= 15 is 0 Å². The smallest absolute Gasteiger partial charge is 0.315 e. The fraction of sp³-hybridized carbons (Fsp3) is 0.474. The number of nitrogens with one attached hydrogen (secondary N) is 2. The second-order valence-corrected chi connectivity index (χ2v) is 6.51. The first-order valence-electron chi connectivity index (χ1n) is 8.88. The van der Waals surface area contributed by atoms with E-state index in [0.717, 1.165) is 29.7 Å². The van der Waals surface area contributed by atoms with Crippen LogP contribution in [0, 0.1) is 0 Å². The van der Waals surface area contributed by atoms with Gasteiger partial charge in [-0.25, -0.2) is 4.79 Å². The summed E-state index contributed by atoms with van der Waals surface area (Å²) in [5, 5.41) is 19.9. The Balaban J connectivity index is 1.55. The Kier molecular flexibility index (Phi) is 5.38. The van der Waals surface area contributed by atoms with Crippen LogP contribution in [-0.2, 0) is 13.0 Å². The highest BCUT2D eigenvalue weighted by molar-refractivity contribution is 5.74. The highest BCUT2D eigenvalue weighted by atomic mass is 16.5. The zero-order chi connectivity index (χ0) is 17.8. The molecule has 2 atom stereocenters. The summed E-state index contributed by atoms with van der Waals surface area (Å²) in [6.07, 6.45) is 1.97. The van der Waals surface area contributed by atoms with E-state index in [1.165, 1.54) is 0 Å². The van der Waals surface area contributed by atoms with Crippen LogP contribution in [0.25, 0.3) is 0 Å². The number of rotatable bonds is 6. The van der Waals surface area contributed by atoms with Gasteiger partial charge in [-0.05, 0) is 24.0 Å². The number of nitrogens with zero attached hydrogens (tertiary/aromatic N) is 1. The Morgan fingerprint density at radius 3 is 2.88 bits per heavy atom. The molecule has 0 radical (unpaired) electrons. The summed E-state index contributed by atoms with van der Waals surface area (Å²) in [6, 6.07) is 8.96. The summed E-state index contributed by atoms with van der Waals surface area (Å²) in [4.78, 5) is 12.2. The van der Waals surface area contributed by atoms with E-state index in [9.17, 15) is 9.90 Å². The summed E-state index contributed by atoms with van der Waals surface area (Å²) in [7, 11) is 0. The average Bonchev–Trinajstić information content (AvgIpc) is 3.20. The van der Waals surface area contributed by atoms with Gasteiger partial charge in [0, 0.05) is 18.4 Å². The van der Waals surface area contributed by atoms with Gasteiger partial charge in [-0.3, -0.25) is 0 Å². The molecule has 6 heteroatoms. The number of carbonyl (C=O) groups excluding carboxylic acids is 1. The minimum atomic E-state index is -0.602. The van der Waals surface area contributed by atoms with Crippen molar-refractivity contribution in [2.24, 2.45) is 0 Å². The van der Waals surface area contributed by atoms with Crippen LogP contribution in [0.4, 0.5) is 4.79 Å². The monoisotopic (exact) mass is 343 g/mol. The average molecular weight is 343 g/mol. The van der Waals surface area contributed by atoms with E-state index in [2.05, 4.69) is 29.6 Å². The zero-order valence-corrected chi connectivity index (χ0v) is 14.7. The SMILES string of the molecule is CCC(CC)c1cc(CNC(=O)N[C@H]2c3ccccc3C[C@H]2O)on1. The van der Waals surface area contributed by atoms with Crippen molar-refractivity contribution >= 4 is 6.03 Å². The van der Waals surface area contributed by atoms with Crippen molar-refractivity contribution < 1.29 is 14.4 Å². The normalized spacial score (nSPS) is 19.0. The lowest BCUT2D eigenvalue weighted by molar-refractivity contribution is 0.142. The Morgan fingerprint density at radius 2 is 2.12 bits per heavy atom. The van der Waals surface area contributed by atoms with E-state index in [1.54, 1.807) is 0 Å². The quantitative estimate of drug-likeness (QED) is 0.752. The van der Waals surface area contributed by atoms with Gasteiger partial charge in [0.05, 0.1) is 24.4 Å². The number of benzene rings is 1. The maximum absolute atomic E-state index is 12.2. The third-order valence-electron chi connectivity index (χ3n) is 4.89. The largest absolute Gasteiger partial charge is 0.390 e. The number of hydrogen-bond donors (Lipinski definition) is 3. The van der Waals surface area contributed by atoms with Gasteiger partial charge in [-0.1, -0.05) is 43.3 Å². The number of urea groups is 1. The molecule has 6 nitrogen and oxygen atoms in total. The first-order valence-corrected chi connectivity index (χ1v) is 8.88. The van der Waals surface area contributed by atoms with Gasteiger partial charge in [0.25, 0.3) is 0 Å². The van der Waals surface area contributed by atoms with E-state index in [-0.39, 0.29) is 18.6 Å². The summed E-state index contributed by atoms with van der Waals surface area (Å²) in [6.45, 7) is 4.52. The molecule has 1 aliphatic rings. The Bertz CT molecular complexity index is 724. The number of hydrogen-bond acceptors (Lipinski definition) is 4. The lowest BCUT2D eigenvalue weighted by Gasteiger charge is -2.18. The predicted molar refractivity (Wildman–Crippen MR) is 94.1 cm³/mol. The third-order valence-corrected chi connectivity index (χ3v) is 4.89. The van der Waals surface area contributed by atoms with Crippen LogP contribution in [0.15, 0.2) is 34.9 Å². The number of fused-ring (bicyclic) bond motifs is 1. The molecule has 2 aromatic rings. The molecule has 0 aliphatic heterocycles. The van der Waals surface area contributed by atoms with Gasteiger partial charge < -0.3 is 20.3 Å². The summed E-state index contributed by atoms with van der Waals surface area (Å²) >= 11 is 0. The van der Waals surface area contributed by atoms with E-state index in [4.69, 9.17) is 4.52 Å². The van der Waals surface area contributed by atoms with Crippen LogP contribution in [-0.4, -0.2) is 22.4 Å². The summed E-state index contributed by atoms with van der Waals surface area (Å²) in [5.41, 5.74) is 2.98. The number of carbonyl (C=O) groups is 1. The summed E-state index contributed by atoms with van der Waals surface area (Å²) < 4.78 is 5.31. The fourth-order valence-corrected chi connectivity index (χ4v) is 3.42. The van der Waals surface area contributed by atoms with Crippen molar-refractivity contribution in [3.63, 3.8) is 0 Å². The Labute approximate surface area is 147 Å². The summed E-state index contributed by atoms with van der Waals surface area (Å²) in [5.74, 6) is 1.01. The molecule has 0 saturated heterocycles. The number of aromatic nitrogens is 1. The number of aliphatic hydroxyl groups excluding tert-OH is 1. The maximum atomic E-state index is 12.2. The molecular formula is C19H25N3O3. The molecule has 1 aromatic heterocycles. The van der Waals surface area contributed by atoms with Gasteiger partial charge in [0.15, 0.2) is 5.76 Å². The van der Waals surface area contributed by atoms with E-state index in [1.807, 2.05) is 30.3 Å². The van der Waals surface area contributed by atoms with Gasteiger partial charge in [0.2, 0.25) is 0 Å². The van der Waals surface area contributed by atoms with Gasteiger partial charge in [0.1, 0.15) is 0 Å². The maximum Gasteiger partial charge on any atom is 0.315 e. The second kappa shape index (κ2) is 7.70. The highest BCUT2D eigenvalue weighted by Crippen LogP contribution is 2.31. The standard InChI is InChI=1S/C19H25N3O3/c1-3-12(4-2)16-10-14(25-22-16)11-20-19(24)21-18-15-8-6-5-7-13(15)9-17(18)23/h5-8,10,12,17-18,23H,3-4,9,11H2,1-2H3,(H2,20,21,24)/t17-,18+/m1/s1. The molecule has 3 rings (SSSR count). The van der Waals surface area contributed by atoms with Crippen molar-refractivity contribution in [1.29, 1.82) is 0 Å². The van der Waals surface area contributed by atoms with Crippen LogP contribution in [0.3, 0.4) is 0 Å². The molecule has 0 unspecified atom stereocenters. The van der Waals surface area contributed by atoms with E-state index < -0.39 is 6.10 Å². The topological polar surface area (TPSA) is 87.4 Å². The fourth-order valence-electron chi connectivity index (χ4n) is 3.42. The van der Waals surface area contributed by atoms with Crippen LogP contribution >= 0.6 is 0 Å². The molecule has 3 N–H and O–H groups in total. The van der Waals surface area contributed by atoms with Crippen molar-refractivity contribution in [2.45, 2.75) is 57.7 Å². The molecule has 1 aliphatic carbocycles. The number of aliphatic hydroxyl groups is 1. The third kappa shape index (κ3) is 3.85.